The number of anilines is 1. The number of carbonyl (C=O) groups excluding carboxylic acids is 3. The van der Waals surface area contributed by atoms with E-state index >= 15 is 0 Å². The maximum atomic E-state index is 13.4. The van der Waals surface area contributed by atoms with Crippen LogP contribution >= 0.6 is 0 Å². The van der Waals surface area contributed by atoms with Crippen LogP contribution in [-0.2, 0) is 9.53 Å². The number of hydrogen-bond acceptors (Lipinski definition) is 6. The first kappa shape index (κ1) is 26.2. The molecule has 0 saturated carbocycles. The fraction of sp³-hybridized carbons (Fsp3) is 0.462. The Morgan fingerprint density at radius 1 is 1.17 bits per heavy atom. The lowest BCUT2D eigenvalue weighted by Crippen LogP contribution is -2.48. The highest BCUT2D eigenvalue weighted by atomic mass is 16.5. The van der Waals surface area contributed by atoms with Crippen molar-refractivity contribution in [2.45, 2.75) is 39.3 Å². The van der Waals surface area contributed by atoms with Gasteiger partial charge in [0.2, 0.25) is 5.91 Å². The molecule has 0 aliphatic carbocycles. The first-order chi connectivity index (χ1) is 16.7. The molecule has 3 rings (SSSR count). The number of nitrogens with one attached hydrogen (secondary N) is 1. The van der Waals surface area contributed by atoms with Gasteiger partial charge in [-0.3, -0.25) is 19.4 Å². The Morgan fingerprint density at radius 2 is 1.89 bits per heavy atom. The zero-order valence-corrected chi connectivity index (χ0v) is 21.0. The number of likely N-dealkylation sites (N-methyl/N-ethyl adjacent to an activating group) is 1. The lowest BCUT2D eigenvalue weighted by molar-refractivity contribution is -0.115. The number of rotatable bonds is 4. The molecule has 1 aromatic carbocycles. The molecule has 188 valence electrons. The first-order valence-electron chi connectivity index (χ1n) is 11.8. The summed E-state index contributed by atoms with van der Waals surface area (Å²) in [5.74, 6) is -0.170. The molecular weight excluding hydrogens is 448 g/mol. The van der Waals surface area contributed by atoms with Crippen molar-refractivity contribution in [1.29, 1.82) is 0 Å². The van der Waals surface area contributed by atoms with Crippen LogP contribution in [0.4, 0.5) is 5.69 Å². The van der Waals surface area contributed by atoms with Crippen molar-refractivity contribution < 1.29 is 23.9 Å². The summed E-state index contributed by atoms with van der Waals surface area (Å²) in [7, 11) is 3.32. The summed E-state index contributed by atoms with van der Waals surface area (Å²) in [5, 5.41) is 2.79. The molecular formula is C26H34N4O5. The Bertz CT molecular complexity index is 1050. The lowest BCUT2D eigenvalue weighted by atomic mass is 10.0. The summed E-state index contributed by atoms with van der Waals surface area (Å²) in [6.45, 7) is 6.63. The van der Waals surface area contributed by atoms with Gasteiger partial charge in [-0.05, 0) is 37.3 Å². The zero-order valence-electron chi connectivity index (χ0n) is 21.0. The molecule has 9 heteroatoms. The molecule has 0 bridgehead atoms. The topological polar surface area (TPSA) is 101 Å². The largest absolute Gasteiger partial charge is 0.491 e. The number of aromatic nitrogens is 1. The predicted octanol–water partition coefficient (Wildman–Crippen LogP) is 3.08. The lowest BCUT2D eigenvalue weighted by Gasteiger charge is -2.36. The van der Waals surface area contributed by atoms with Crippen LogP contribution in [0.25, 0.3) is 0 Å². The van der Waals surface area contributed by atoms with Crippen molar-refractivity contribution >= 4 is 23.4 Å². The monoisotopic (exact) mass is 482 g/mol. The fourth-order valence-electron chi connectivity index (χ4n) is 4.05. The van der Waals surface area contributed by atoms with Crippen molar-refractivity contribution in [3.05, 3.63) is 53.9 Å². The molecule has 35 heavy (non-hydrogen) atoms. The maximum Gasteiger partial charge on any atom is 0.257 e. The van der Waals surface area contributed by atoms with Crippen LogP contribution in [0, 0.1) is 5.92 Å². The van der Waals surface area contributed by atoms with Gasteiger partial charge >= 0.3 is 0 Å². The van der Waals surface area contributed by atoms with E-state index in [0.717, 1.165) is 0 Å². The number of nitrogens with zero attached hydrogens (tertiary/aromatic N) is 3. The fourth-order valence-corrected chi connectivity index (χ4v) is 4.05. The highest BCUT2D eigenvalue weighted by molar-refractivity contribution is 5.99. The third-order valence-electron chi connectivity index (χ3n) is 6.24. The van der Waals surface area contributed by atoms with E-state index in [1.165, 1.54) is 0 Å². The van der Waals surface area contributed by atoms with Crippen LogP contribution in [0.5, 0.6) is 5.75 Å². The van der Waals surface area contributed by atoms with E-state index in [0.29, 0.717) is 42.1 Å². The van der Waals surface area contributed by atoms with Crippen LogP contribution < -0.4 is 10.1 Å². The Hall–Kier alpha value is -3.46. The molecule has 9 nitrogen and oxygen atoms in total. The van der Waals surface area contributed by atoms with Crippen molar-refractivity contribution in [1.82, 2.24) is 14.8 Å². The maximum absolute atomic E-state index is 13.4. The quantitative estimate of drug-likeness (QED) is 0.719. The molecule has 0 unspecified atom stereocenters. The molecule has 0 fully saturated rings. The molecule has 2 aromatic rings. The van der Waals surface area contributed by atoms with E-state index < -0.39 is 0 Å². The minimum Gasteiger partial charge on any atom is -0.491 e. The molecule has 1 N–H and O–H groups in total. The second-order valence-electron chi connectivity index (χ2n) is 8.90. The van der Waals surface area contributed by atoms with E-state index in [9.17, 15) is 14.4 Å². The summed E-state index contributed by atoms with van der Waals surface area (Å²) in [4.78, 5) is 46.0. The number of fused-ring (bicyclic) bond motifs is 1. The Labute approximate surface area is 206 Å². The number of pyridine rings is 1. The number of carbonyl (C=O) groups is 3. The van der Waals surface area contributed by atoms with Gasteiger partial charge < -0.3 is 24.6 Å². The van der Waals surface area contributed by atoms with E-state index in [4.69, 9.17) is 9.47 Å². The SMILES string of the molecule is CCC(=O)Nc1ccc2c(c1)C(=O)N(C)C[C@H](OC)[C@@H](C)CN(C(=O)c1ccncc1)[C@@H](C)CO2. The number of amides is 3. The Morgan fingerprint density at radius 3 is 2.54 bits per heavy atom. The van der Waals surface area contributed by atoms with Crippen molar-refractivity contribution in [3.8, 4) is 5.75 Å². The molecule has 2 heterocycles. The normalized spacial score (nSPS) is 21.3. The van der Waals surface area contributed by atoms with Crippen LogP contribution in [0.1, 0.15) is 47.9 Å². The molecule has 1 aromatic heterocycles. The van der Waals surface area contributed by atoms with Gasteiger partial charge in [0.05, 0.1) is 17.7 Å². The smallest absolute Gasteiger partial charge is 0.257 e. The zero-order chi connectivity index (χ0) is 25.5. The van der Waals surface area contributed by atoms with Crippen molar-refractivity contribution in [2.24, 2.45) is 5.92 Å². The number of benzene rings is 1. The van der Waals surface area contributed by atoms with Gasteiger partial charge in [-0.15, -0.1) is 0 Å². The third-order valence-corrected chi connectivity index (χ3v) is 6.24. The molecule has 1 aliphatic heterocycles. The Kier molecular flexibility index (Phi) is 8.81. The number of hydrogen-bond donors (Lipinski definition) is 1. The molecule has 0 spiro atoms. The van der Waals surface area contributed by atoms with E-state index in [1.54, 1.807) is 73.6 Å². The summed E-state index contributed by atoms with van der Waals surface area (Å²) in [6.07, 6.45) is 3.22. The Balaban J connectivity index is 1.98. The highest BCUT2D eigenvalue weighted by Crippen LogP contribution is 2.27. The summed E-state index contributed by atoms with van der Waals surface area (Å²) < 4.78 is 11.8. The summed E-state index contributed by atoms with van der Waals surface area (Å²) in [6, 6.07) is 8.11. The van der Waals surface area contributed by atoms with E-state index in [1.807, 2.05) is 13.8 Å². The van der Waals surface area contributed by atoms with Crippen molar-refractivity contribution in [3.63, 3.8) is 0 Å². The highest BCUT2D eigenvalue weighted by Gasteiger charge is 2.31. The molecule has 3 atom stereocenters. The minimum absolute atomic E-state index is 0.0578. The second-order valence-corrected chi connectivity index (χ2v) is 8.90. The summed E-state index contributed by atoms with van der Waals surface area (Å²) >= 11 is 0. The average molecular weight is 483 g/mol. The van der Waals surface area contributed by atoms with Gasteiger partial charge in [0.25, 0.3) is 11.8 Å². The standard InChI is InChI=1S/C26H34N4O5/c1-6-24(31)28-20-7-8-22-21(13-20)26(33)29(4)15-23(34-5)17(2)14-30(18(3)16-35-22)25(32)19-9-11-27-12-10-19/h7-13,17-18,23H,6,14-16H2,1-5H3,(H,28,31)/t17-,18-,23-/m0/s1. The number of methoxy groups -OCH3 is 1. The van der Waals surface area contributed by atoms with Gasteiger partial charge in [0.1, 0.15) is 12.4 Å². The van der Waals surface area contributed by atoms with Gasteiger partial charge in [-0.1, -0.05) is 13.8 Å². The van der Waals surface area contributed by atoms with Gasteiger partial charge in [-0.2, -0.15) is 0 Å². The third kappa shape index (κ3) is 6.36. The molecule has 3 amide bonds. The molecule has 1 aliphatic rings. The van der Waals surface area contributed by atoms with Crippen molar-refractivity contribution in [2.75, 3.05) is 39.2 Å². The number of ether oxygens (including phenoxy) is 2. The van der Waals surface area contributed by atoms with Crippen LogP contribution in [0.15, 0.2) is 42.7 Å². The van der Waals surface area contributed by atoms with E-state index in [2.05, 4.69) is 10.3 Å². The van der Waals surface area contributed by atoms with Crippen LogP contribution in [-0.4, -0.2) is 78.5 Å². The molecule has 0 saturated heterocycles. The second kappa shape index (κ2) is 11.8. The van der Waals surface area contributed by atoms with Gasteiger partial charge in [0.15, 0.2) is 0 Å². The average Bonchev–Trinajstić information content (AvgIpc) is 2.88. The molecule has 0 radical (unpaired) electrons. The predicted molar refractivity (Wildman–Crippen MR) is 133 cm³/mol. The summed E-state index contributed by atoms with van der Waals surface area (Å²) in [5.41, 5.74) is 1.40. The van der Waals surface area contributed by atoms with E-state index in [-0.39, 0.29) is 42.4 Å². The first-order valence-corrected chi connectivity index (χ1v) is 11.8. The van der Waals surface area contributed by atoms with Gasteiger partial charge in [-0.25, -0.2) is 0 Å². The van der Waals surface area contributed by atoms with Gasteiger partial charge in [0, 0.05) is 63.2 Å². The van der Waals surface area contributed by atoms with Crippen LogP contribution in [0.3, 0.4) is 0 Å². The minimum atomic E-state index is -0.296. The van der Waals surface area contributed by atoms with Crippen LogP contribution in [0.2, 0.25) is 0 Å².